The summed E-state index contributed by atoms with van der Waals surface area (Å²) in [7, 11) is 0. The van der Waals surface area contributed by atoms with E-state index in [0.29, 0.717) is 48.9 Å². The molecule has 29 heavy (non-hydrogen) atoms. The molecule has 2 aliphatic heterocycles. The zero-order valence-corrected chi connectivity index (χ0v) is 17.2. The topological polar surface area (TPSA) is 67.9 Å². The number of thioether (sulfide) groups is 1. The van der Waals surface area contributed by atoms with Gasteiger partial charge < -0.3 is 19.7 Å². The van der Waals surface area contributed by atoms with Crippen LogP contribution in [0.2, 0.25) is 0 Å². The molecule has 2 heterocycles. The lowest BCUT2D eigenvalue weighted by molar-refractivity contribution is -0.132. The van der Waals surface area contributed by atoms with Crippen LogP contribution in [0.5, 0.6) is 11.5 Å². The Balaban J connectivity index is 1.25. The Labute approximate surface area is 174 Å². The van der Waals surface area contributed by atoms with Crippen LogP contribution in [-0.2, 0) is 9.59 Å². The number of amides is 2. The molecule has 0 aliphatic carbocycles. The third-order valence-corrected chi connectivity index (χ3v) is 6.46. The summed E-state index contributed by atoms with van der Waals surface area (Å²) in [6, 6.07) is 13.5. The Hall–Kier alpha value is -2.67. The highest BCUT2D eigenvalue weighted by molar-refractivity contribution is 8.00. The van der Waals surface area contributed by atoms with E-state index < -0.39 is 0 Å². The quantitative estimate of drug-likeness (QED) is 0.759. The van der Waals surface area contributed by atoms with Crippen molar-refractivity contribution < 1.29 is 19.1 Å². The average Bonchev–Trinajstić information content (AvgIpc) is 3.21. The molecule has 4 rings (SSSR count). The largest absolute Gasteiger partial charge is 0.454 e. The van der Waals surface area contributed by atoms with Gasteiger partial charge in [0.1, 0.15) is 0 Å². The van der Waals surface area contributed by atoms with E-state index in [0.717, 1.165) is 4.90 Å². The van der Waals surface area contributed by atoms with Gasteiger partial charge in [-0.05, 0) is 43.5 Å². The number of hydrogen-bond acceptors (Lipinski definition) is 5. The van der Waals surface area contributed by atoms with Gasteiger partial charge in [0, 0.05) is 35.7 Å². The number of carbonyl (C=O) groups is 2. The predicted octanol–water partition coefficient (Wildman–Crippen LogP) is 3.69. The van der Waals surface area contributed by atoms with E-state index in [1.54, 1.807) is 23.9 Å². The summed E-state index contributed by atoms with van der Waals surface area (Å²) in [5, 5.41) is 2.96. The predicted molar refractivity (Wildman–Crippen MR) is 112 cm³/mol. The van der Waals surface area contributed by atoms with Gasteiger partial charge in [0.2, 0.25) is 18.6 Å². The first-order valence-electron chi connectivity index (χ1n) is 9.77. The van der Waals surface area contributed by atoms with E-state index in [9.17, 15) is 9.59 Å². The van der Waals surface area contributed by atoms with Gasteiger partial charge in [0.25, 0.3) is 0 Å². The number of likely N-dealkylation sites (tertiary alicyclic amines) is 1. The van der Waals surface area contributed by atoms with Crippen LogP contribution in [-0.4, -0.2) is 42.3 Å². The first-order chi connectivity index (χ1) is 14.1. The number of nitrogens with one attached hydrogen (secondary N) is 1. The minimum Gasteiger partial charge on any atom is -0.454 e. The third kappa shape index (κ3) is 4.67. The lowest BCUT2D eigenvalue weighted by Gasteiger charge is -2.31. The van der Waals surface area contributed by atoms with Gasteiger partial charge >= 0.3 is 0 Å². The molecule has 2 aromatic carbocycles. The molecule has 1 N–H and O–H groups in total. The summed E-state index contributed by atoms with van der Waals surface area (Å²) in [6.07, 6.45) is 1.36. The molecule has 0 bridgehead atoms. The molecule has 6 nitrogen and oxygen atoms in total. The van der Waals surface area contributed by atoms with E-state index >= 15 is 0 Å². The molecule has 0 radical (unpaired) electrons. The maximum atomic E-state index is 12.6. The highest BCUT2D eigenvalue weighted by Crippen LogP contribution is 2.34. The number of anilines is 1. The summed E-state index contributed by atoms with van der Waals surface area (Å²) in [5.41, 5.74) is 1.89. The Kier molecular flexibility index (Phi) is 5.94. The summed E-state index contributed by atoms with van der Waals surface area (Å²) >= 11 is 1.57. The Morgan fingerprint density at radius 2 is 1.86 bits per heavy atom. The second-order valence-electron chi connectivity index (χ2n) is 7.27. The van der Waals surface area contributed by atoms with Gasteiger partial charge in [-0.3, -0.25) is 9.59 Å². The maximum absolute atomic E-state index is 12.6. The first kappa shape index (κ1) is 19.6. The van der Waals surface area contributed by atoms with Crippen molar-refractivity contribution in [1.29, 1.82) is 0 Å². The molecule has 1 fully saturated rings. The van der Waals surface area contributed by atoms with Crippen LogP contribution in [0.1, 0.15) is 18.4 Å². The first-order valence-corrected chi connectivity index (χ1v) is 10.8. The average molecular weight is 413 g/mol. The minimum absolute atomic E-state index is 0.00903. The van der Waals surface area contributed by atoms with Crippen LogP contribution in [0.4, 0.5) is 5.69 Å². The number of aryl methyl sites for hydroxylation is 1. The van der Waals surface area contributed by atoms with Crippen LogP contribution in [0.25, 0.3) is 0 Å². The van der Waals surface area contributed by atoms with Gasteiger partial charge in [-0.2, -0.15) is 0 Å². The molecule has 0 aromatic heterocycles. The van der Waals surface area contributed by atoms with Gasteiger partial charge in [-0.15, -0.1) is 11.8 Å². The van der Waals surface area contributed by atoms with Gasteiger partial charge in [0.15, 0.2) is 11.5 Å². The normalized spacial score (nSPS) is 16.0. The maximum Gasteiger partial charge on any atom is 0.232 e. The van der Waals surface area contributed by atoms with Crippen LogP contribution < -0.4 is 14.8 Å². The molecular weight excluding hydrogens is 388 g/mol. The fourth-order valence-electron chi connectivity index (χ4n) is 3.56. The summed E-state index contributed by atoms with van der Waals surface area (Å²) in [4.78, 5) is 28.1. The monoisotopic (exact) mass is 412 g/mol. The van der Waals surface area contributed by atoms with Gasteiger partial charge in [0.05, 0.1) is 5.75 Å². The van der Waals surface area contributed by atoms with Crippen molar-refractivity contribution >= 4 is 29.3 Å². The summed E-state index contributed by atoms with van der Waals surface area (Å²) in [5.74, 6) is 1.80. The molecular formula is C22H24N2O4S. The highest BCUT2D eigenvalue weighted by atomic mass is 32.2. The molecule has 2 aromatic rings. The fourth-order valence-corrected chi connectivity index (χ4v) is 4.49. The third-order valence-electron chi connectivity index (χ3n) is 5.30. The molecule has 2 amide bonds. The van der Waals surface area contributed by atoms with E-state index in [1.165, 1.54) is 5.56 Å². The number of piperidine rings is 1. The molecule has 2 aliphatic rings. The molecule has 7 heteroatoms. The fraction of sp³-hybridized carbons (Fsp3) is 0.364. The smallest absolute Gasteiger partial charge is 0.232 e. The van der Waals surface area contributed by atoms with Crippen molar-refractivity contribution in [1.82, 2.24) is 4.90 Å². The van der Waals surface area contributed by atoms with Crippen molar-refractivity contribution in [2.24, 2.45) is 5.92 Å². The standard InChI is InChI=1S/C22H24N2O4S/c1-15-4-2-3-5-20(15)29-13-21(25)24-10-8-16(9-11-24)22(26)23-17-6-7-18-19(12-17)28-14-27-18/h2-7,12,16H,8-11,13-14H2,1H3,(H,23,26). The molecule has 0 unspecified atom stereocenters. The van der Waals surface area contributed by atoms with Crippen LogP contribution in [0, 0.1) is 12.8 Å². The molecule has 0 saturated carbocycles. The number of fused-ring (bicyclic) bond motifs is 1. The minimum atomic E-state index is -0.0894. The van der Waals surface area contributed by atoms with E-state index in [4.69, 9.17) is 9.47 Å². The second-order valence-corrected chi connectivity index (χ2v) is 8.28. The van der Waals surface area contributed by atoms with Crippen molar-refractivity contribution in [3.05, 3.63) is 48.0 Å². The Bertz CT molecular complexity index is 909. The summed E-state index contributed by atoms with van der Waals surface area (Å²) < 4.78 is 10.6. The number of ether oxygens (including phenoxy) is 2. The number of hydrogen-bond donors (Lipinski definition) is 1. The van der Waals surface area contributed by atoms with Crippen molar-refractivity contribution in [2.45, 2.75) is 24.7 Å². The van der Waals surface area contributed by atoms with Gasteiger partial charge in [-0.1, -0.05) is 18.2 Å². The SMILES string of the molecule is Cc1ccccc1SCC(=O)N1CCC(C(=O)Nc2ccc3c(c2)OCO3)CC1. The van der Waals surface area contributed by atoms with Gasteiger partial charge in [-0.25, -0.2) is 0 Å². The lowest BCUT2D eigenvalue weighted by Crippen LogP contribution is -2.42. The van der Waals surface area contributed by atoms with Crippen molar-refractivity contribution in [2.75, 3.05) is 31.0 Å². The zero-order chi connectivity index (χ0) is 20.2. The number of nitrogens with zero attached hydrogens (tertiary/aromatic N) is 1. The lowest BCUT2D eigenvalue weighted by atomic mass is 9.96. The van der Waals surface area contributed by atoms with E-state index in [-0.39, 0.29) is 24.5 Å². The van der Waals surface area contributed by atoms with Crippen LogP contribution in [0.3, 0.4) is 0 Å². The van der Waals surface area contributed by atoms with E-state index in [1.807, 2.05) is 29.2 Å². The van der Waals surface area contributed by atoms with Crippen LogP contribution in [0.15, 0.2) is 47.4 Å². The number of rotatable bonds is 5. The highest BCUT2D eigenvalue weighted by Gasteiger charge is 2.27. The molecule has 152 valence electrons. The van der Waals surface area contributed by atoms with Crippen LogP contribution >= 0.6 is 11.8 Å². The molecule has 1 saturated heterocycles. The van der Waals surface area contributed by atoms with Crippen molar-refractivity contribution in [3.63, 3.8) is 0 Å². The zero-order valence-electron chi connectivity index (χ0n) is 16.3. The Morgan fingerprint density at radius 3 is 2.66 bits per heavy atom. The molecule has 0 atom stereocenters. The Morgan fingerprint density at radius 1 is 1.10 bits per heavy atom. The number of benzene rings is 2. The second kappa shape index (κ2) is 8.78. The molecule has 0 spiro atoms. The number of carbonyl (C=O) groups excluding carboxylic acids is 2. The van der Waals surface area contributed by atoms with Crippen molar-refractivity contribution in [3.8, 4) is 11.5 Å². The van der Waals surface area contributed by atoms with E-state index in [2.05, 4.69) is 18.3 Å². The summed E-state index contributed by atoms with van der Waals surface area (Å²) in [6.45, 7) is 3.50.